The first-order valence-electron chi connectivity index (χ1n) is 7.41. The van der Waals surface area contributed by atoms with E-state index in [2.05, 4.69) is 13.8 Å². The summed E-state index contributed by atoms with van der Waals surface area (Å²) < 4.78 is 6.61. The molecule has 1 saturated heterocycles. The lowest BCUT2D eigenvalue weighted by Crippen LogP contribution is -2.47. The molecule has 2 heterocycles. The Balaban J connectivity index is 1.99. The molecule has 5 heteroatoms. The molecule has 1 aromatic carbocycles. The number of benzene rings is 1. The molecule has 0 N–H and O–H groups in total. The molecule has 0 spiro atoms. The maximum Gasteiger partial charge on any atom is 0.419 e. The van der Waals surface area contributed by atoms with E-state index < -0.39 is 5.76 Å². The molecule has 3 rings (SSSR count). The van der Waals surface area contributed by atoms with E-state index in [4.69, 9.17) is 4.42 Å². The minimum atomic E-state index is -0.408. The molecule has 0 saturated carbocycles. The average molecular weight is 288 g/mol. The fraction of sp³-hybridized carbons (Fsp3) is 0.500. The Morgan fingerprint density at radius 2 is 1.90 bits per heavy atom. The number of carbonyl (C=O) groups excluding carboxylic acids is 1. The molecule has 112 valence electrons. The van der Waals surface area contributed by atoms with Crippen LogP contribution < -0.4 is 5.76 Å². The number of piperidine rings is 1. The van der Waals surface area contributed by atoms with Crippen molar-refractivity contribution in [2.75, 3.05) is 0 Å². The van der Waals surface area contributed by atoms with Gasteiger partial charge in [-0.2, -0.15) is 0 Å². The molecule has 0 aliphatic carbocycles. The Kier molecular flexibility index (Phi) is 3.35. The second kappa shape index (κ2) is 5.06. The molecule has 21 heavy (non-hydrogen) atoms. The quantitative estimate of drug-likeness (QED) is 0.810. The van der Waals surface area contributed by atoms with Gasteiger partial charge in [0, 0.05) is 24.7 Å². The normalized spacial score (nSPS) is 22.7. The van der Waals surface area contributed by atoms with Crippen LogP contribution in [0.5, 0.6) is 0 Å². The number of aromatic nitrogens is 1. The van der Waals surface area contributed by atoms with Gasteiger partial charge in [-0.05, 0) is 51.3 Å². The summed E-state index contributed by atoms with van der Waals surface area (Å²) in [5, 5.41) is 0. The van der Waals surface area contributed by atoms with Gasteiger partial charge in [-0.1, -0.05) is 0 Å². The first-order valence-corrected chi connectivity index (χ1v) is 7.41. The van der Waals surface area contributed by atoms with Gasteiger partial charge in [-0.3, -0.25) is 9.36 Å². The van der Waals surface area contributed by atoms with Crippen molar-refractivity contribution < 1.29 is 9.21 Å². The lowest BCUT2D eigenvalue weighted by atomic mass is 9.96. The second-order valence-electron chi connectivity index (χ2n) is 5.95. The molecule has 0 radical (unpaired) electrons. The fourth-order valence-electron chi connectivity index (χ4n) is 3.24. The SMILES string of the molecule is CC1CCCC(C)N1C(=O)c1ccc2c(c1)oc(=O)n2C. The fourth-order valence-corrected chi connectivity index (χ4v) is 3.24. The average Bonchev–Trinajstić information content (AvgIpc) is 2.73. The predicted molar refractivity (Wildman–Crippen MR) is 80.4 cm³/mol. The van der Waals surface area contributed by atoms with Crippen molar-refractivity contribution in [1.29, 1.82) is 0 Å². The van der Waals surface area contributed by atoms with Crippen molar-refractivity contribution in [3.8, 4) is 0 Å². The van der Waals surface area contributed by atoms with Crippen LogP contribution in [0.2, 0.25) is 0 Å². The maximum absolute atomic E-state index is 12.8. The third-order valence-corrected chi connectivity index (χ3v) is 4.47. The molecular formula is C16H20N2O3. The molecule has 1 fully saturated rings. The number of aryl methyl sites for hydroxylation is 1. The predicted octanol–water partition coefficient (Wildman–Crippen LogP) is 2.53. The van der Waals surface area contributed by atoms with Crippen LogP contribution in [0.15, 0.2) is 27.4 Å². The smallest absolute Gasteiger partial charge is 0.408 e. The van der Waals surface area contributed by atoms with Crippen LogP contribution in [0, 0.1) is 0 Å². The van der Waals surface area contributed by atoms with Gasteiger partial charge in [0.2, 0.25) is 0 Å². The third-order valence-electron chi connectivity index (χ3n) is 4.47. The van der Waals surface area contributed by atoms with E-state index in [1.807, 2.05) is 4.90 Å². The number of rotatable bonds is 1. The Labute approximate surface area is 123 Å². The second-order valence-corrected chi connectivity index (χ2v) is 5.95. The number of amides is 1. The van der Waals surface area contributed by atoms with Gasteiger partial charge in [0.05, 0.1) is 5.52 Å². The van der Waals surface area contributed by atoms with E-state index in [9.17, 15) is 9.59 Å². The molecule has 1 aliphatic heterocycles. The van der Waals surface area contributed by atoms with Crippen molar-refractivity contribution in [1.82, 2.24) is 9.47 Å². The summed E-state index contributed by atoms with van der Waals surface area (Å²) in [5.41, 5.74) is 1.75. The number of carbonyl (C=O) groups is 1. The number of hydrogen-bond donors (Lipinski definition) is 0. The molecule has 5 nitrogen and oxygen atoms in total. The van der Waals surface area contributed by atoms with Crippen LogP contribution in [0.25, 0.3) is 11.1 Å². The van der Waals surface area contributed by atoms with Gasteiger partial charge in [0.15, 0.2) is 5.58 Å². The van der Waals surface area contributed by atoms with Crippen LogP contribution in [0.4, 0.5) is 0 Å². The van der Waals surface area contributed by atoms with Crippen LogP contribution in [-0.2, 0) is 7.05 Å². The molecule has 1 amide bonds. The Hall–Kier alpha value is -2.04. The minimum Gasteiger partial charge on any atom is -0.408 e. The molecule has 1 aliphatic rings. The molecule has 2 atom stereocenters. The first-order chi connectivity index (χ1) is 9.99. The van der Waals surface area contributed by atoms with E-state index >= 15 is 0 Å². The maximum atomic E-state index is 12.8. The number of hydrogen-bond acceptors (Lipinski definition) is 3. The van der Waals surface area contributed by atoms with E-state index in [-0.39, 0.29) is 18.0 Å². The summed E-state index contributed by atoms with van der Waals surface area (Å²) in [6.07, 6.45) is 3.25. The van der Waals surface area contributed by atoms with Crippen molar-refractivity contribution >= 4 is 17.0 Å². The van der Waals surface area contributed by atoms with Gasteiger partial charge in [-0.15, -0.1) is 0 Å². The summed E-state index contributed by atoms with van der Waals surface area (Å²) in [6.45, 7) is 4.18. The van der Waals surface area contributed by atoms with Crippen LogP contribution in [-0.4, -0.2) is 27.5 Å². The number of likely N-dealkylation sites (tertiary alicyclic amines) is 1. The minimum absolute atomic E-state index is 0.0168. The van der Waals surface area contributed by atoms with E-state index in [0.29, 0.717) is 16.7 Å². The summed E-state index contributed by atoms with van der Waals surface area (Å²) >= 11 is 0. The van der Waals surface area contributed by atoms with Gasteiger partial charge in [0.1, 0.15) is 0 Å². The van der Waals surface area contributed by atoms with Crippen LogP contribution >= 0.6 is 0 Å². The highest BCUT2D eigenvalue weighted by Gasteiger charge is 2.29. The zero-order valence-electron chi connectivity index (χ0n) is 12.6. The van der Waals surface area contributed by atoms with Crippen LogP contribution in [0.3, 0.4) is 0 Å². The Morgan fingerprint density at radius 1 is 1.24 bits per heavy atom. The zero-order valence-corrected chi connectivity index (χ0v) is 12.6. The van der Waals surface area contributed by atoms with E-state index in [1.165, 1.54) is 11.0 Å². The van der Waals surface area contributed by atoms with Crippen LogP contribution in [0.1, 0.15) is 43.5 Å². The lowest BCUT2D eigenvalue weighted by molar-refractivity contribution is 0.0511. The van der Waals surface area contributed by atoms with Gasteiger partial charge < -0.3 is 9.32 Å². The largest absolute Gasteiger partial charge is 0.419 e. The van der Waals surface area contributed by atoms with Gasteiger partial charge in [0.25, 0.3) is 5.91 Å². The van der Waals surface area contributed by atoms with E-state index in [1.54, 1.807) is 25.2 Å². The molecular weight excluding hydrogens is 268 g/mol. The Morgan fingerprint density at radius 3 is 2.57 bits per heavy atom. The topological polar surface area (TPSA) is 55.5 Å². The first kappa shape index (κ1) is 13.9. The number of oxazole rings is 1. The van der Waals surface area contributed by atoms with Crippen molar-refractivity contribution in [3.05, 3.63) is 34.3 Å². The lowest BCUT2D eigenvalue weighted by Gasteiger charge is -2.39. The summed E-state index contributed by atoms with van der Waals surface area (Å²) in [7, 11) is 1.66. The molecule has 2 unspecified atom stereocenters. The van der Waals surface area contributed by atoms with Gasteiger partial charge in [-0.25, -0.2) is 4.79 Å². The van der Waals surface area contributed by atoms with Crippen molar-refractivity contribution in [2.24, 2.45) is 7.05 Å². The highest BCUT2D eigenvalue weighted by atomic mass is 16.4. The highest BCUT2D eigenvalue weighted by molar-refractivity contribution is 5.97. The van der Waals surface area contributed by atoms with E-state index in [0.717, 1.165) is 12.8 Å². The standard InChI is InChI=1S/C16H20N2O3/c1-10-5-4-6-11(2)18(10)15(19)12-7-8-13-14(9-12)21-16(20)17(13)3/h7-11H,4-6H2,1-3H3. The number of nitrogens with zero attached hydrogens (tertiary/aromatic N) is 2. The molecule has 0 bridgehead atoms. The monoisotopic (exact) mass is 288 g/mol. The molecule has 1 aromatic heterocycles. The summed E-state index contributed by atoms with van der Waals surface area (Å²) in [6, 6.07) is 5.72. The Bertz CT molecular complexity index is 734. The summed E-state index contributed by atoms with van der Waals surface area (Å²) in [4.78, 5) is 26.2. The molecule has 2 aromatic rings. The number of fused-ring (bicyclic) bond motifs is 1. The van der Waals surface area contributed by atoms with Gasteiger partial charge >= 0.3 is 5.76 Å². The van der Waals surface area contributed by atoms with Crippen molar-refractivity contribution in [3.63, 3.8) is 0 Å². The zero-order chi connectivity index (χ0) is 15.1. The third kappa shape index (κ3) is 2.26. The van der Waals surface area contributed by atoms with Crippen molar-refractivity contribution in [2.45, 2.75) is 45.2 Å². The highest BCUT2D eigenvalue weighted by Crippen LogP contribution is 2.25. The summed E-state index contributed by atoms with van der Waals surface area (Å²) in [5.74, 6) is -0.391.